The molecule has 1 saturated heterocycles. The molecule has 0 saturated carbocycles. The van der Waals surface area contributed by atoms with Crippen LogP contribution in [0.3, 0.4) is 0 Å². The van der Waals surface area contributed by atoms with Gasteiger partial charge in [-0.3, -0.25) is 4.90 Å². The molecule has 3 nitrogen and oxygen atoms in total. The molecule has 27 heavy (non-hydrogen) atoms. The monoisotopic (exact) mass is 378 g/mol. The van der Waals surface area contributed by atoms with E-state index < -0.39 is 0 Å². The summed E-state index contributed by atoms with van der Waals surface area (Å²) < 4.78 is 5.64. The number of nitrogens with zero attached hydrogens (tertiary/aromatic N) is 2. The minimum Gasteiger partial charge on any atom is -0.494 e. The maximum Gasteiger partial charge on any atom is 0.123 e. The topological polar surface area (TPSA) is 25.4 Å². The van der Waals surface area contributed by atoms with Crippen LogP contribution in [0.15, 0.2) is 53.9 Å². The molecule has 2 heterocycles. The summed E-state index contributed by atoms with van der Waals surface area (Å²) in [6, 6.07) is 16.9. The normalized spacial score (nSPS) is 15.0. The van der Waals surface area contributed by atoms with E-state index in [1.165, 1.54) is 54.7 Å². The van der Waals surface area contributed by atoms with Crippen LogP contribution < -0.4 is 4.74 Å². The fourth-order valence-electron chi connectivity index (χ4n) is 3.62. The van der Waals surface area contributed by atoms with Gasteiger partial charge in [-0.1, -0.05) is 36.8 Å². The summed E-state index contributed by atoms with van der Waals surface area (Å²) in [6.07, 6.45) is 4.01. The maximum absolute atomic E-state index is 5.64. The van der Waals surface area contributed by atoms with E-state index in [9.17, 15) is 0 Å². The Morgan fingerprint density at radius 3 is 2.52 bits per heavy atom. The molecular formula is C23H26N2OS. The van der Waals surface area contributed by atoms with Crippen molar-refractivity contribution in [2.24, 2.45) is 0 Å². The summed E-state index contributed by atoms with van der Waals surface area (Å²) in [4.78, 5) is 7.43. The van der Waals surface area contributed by atoms with Crippen molar-refractivity contribution in [3.8, 4) is 27.4 Å². The fraction of sp³-hybridized carbons (Fsp3) is 0.348. The summed E-state index contributed by atoms with van der Waals surface area (Å²) in [6.45, 7) is 6.09. The molecule has 0 N–H and O–H groups in total. The molecule has 1 fully saturated rings. The fourth-order valence-corrected chi connectivity index (χ4v) is 4.43. The SMILES string of the molecule is CCOc1cccc(-c2cccc(-c3nc(CN4CCCCC4)cs3)c2)c1. The van der Waals surface area contributed by atoms with Gasteiger partial charge >= 0.3 is 0 Å². The number of hydrogen-bond acceptors (Lipinski definition) is 4. The Balaban J connectivity index is 1.53. The highest BCUT2D eigenvalue weighted by Gasteiger charge is 2.13. The molecule has 4 rings (SSSR count). The molecular weight excluding hydrogens is 352 g/mol. The minimum atomic E-state index is 0.683. The lowest BCUT2D eigenvalue weighted by Gasteiger charge is -2.25. The highest BCUT2D eigenvalue weighted by molar-refractivity contribution is 7.13. The molecule has 0 unspecified atom stereocenters. The van der Waals surface area contributed by atoms with Crippen molar-refractivity contribution in [1.29, 1.82) is 0 Å². The molecule has 1 aromatic heterocycles. The zero-order chi connectivity index (χ0) is 18.5. The van der Waals surface area contributed by atoms with Gasteiger partial charge in [0.1, 0.15) is 10.8 Å². The van der Waals surface area contributed by atoms with Crippen molar-refractivity contribution in [3.05, 3.63) is 59.6 Å². The summed E-state index contributed by atoms with van der Waals surface area (Å²) >= 11 is 1.74. The number of aromatic nitrogens is 1. The third kappa shape index (κ3) is 4.57. The molecule has 4 heteroatoms. The van der Waals surface area contributed by atoms with E-state index >= 15 is 0 Å². The maximum atomic E-state index is 5.64. The molecule has 3 aromatic rings. The van der Waals surface area contributed by atoms with E-state index in [0.29, 0.717) is 6.61 Å². The first-order valence-corrected chi connectivity index (χ1v) is 10.7. The second-order valence-corrected chi connectivity index (χ2v) is 7.88. The van der Waals surface area contributed by atoms with Gasteiger partial charge in [0, 0.05) is 17.5 Å². The lowest BCUT2D eigenvalue weighted by molar-refractivity contribution is 0.219. The first-order chi connectivity index (χ1) is 13.3. The summed E-state index contributed by atoms with van der Waals surface area (Å²) in [5.41, 5.74) is 4.75. The average molecular weight is 379 g/mol. The number of ether oxygens (including phenoxy) is 1. The third-order valence-corrected chi connectivity index (χ3v) is 5.91. The van der Waals surface area contributed by atoms with Gasteiger partial charge in [-0.15, -0.1) is 11.3 Å². The van der Waals surface area contributed by atoms with Crippen LogP contribution in [0.2, 0.25) is 0 Å². The first-order valence-electron chi connectivity index (χ1n) is 9.82. The number of rotatable bonds is 6. The molecule has 0 spiro atoms. The Bertz CT molecular complexity index is 883. The Morgan fingerprint density at radius 2 is 1.70 bits per heavy atom. The summed E-state index contributed by atoms with van der Waals surface area (Å²) in [5.74, 6) is 0.915. The van der Waals surface area contributed by atoms with Crippen LogP contribution in [0, 0.1) is 0 Å². The number of benzene rings is 2. The number of likely N-dealkylation sites (tertiary alicyclic amines) is 1. The summed E-state index contributed by atoms with van der Waals surface area (Å²) in [5, 5.41) is 3.32. The van der Waals surface area contributed by atoms with Gasteiger partial charge in [0.05, 0.1) is 12.3 Å². The minimum absolute atomic E-state index is 0.683. The molecule has 2 aromatic carbocycles. The Labute approximate surface area is 165 Å². The largest absolute Gasteiger partial charge is 0.494 e. The van der Waals surface area contributed by atoms with E-state index in [1.807, 2.05) is 19.1 Å². The van der Waals surface area contributed by atoms with E-state index in [-0.39, 0.29) is 0 Å². The Hall–Kier alpha value is -2.17. The van der Waals surface area contributed by atoms with Gasteiger partial charge in [0.2, 0.25) is 0 Å². The molecule has 0 radical (unpaired) electrons. The van der Waals surface area contributed by atoms with Crippen LogP contribution in [0.25, 0.3) is 21.7 Å². The van der Waals surface area contributed by atoms with Crippen molar-refractivity contribution in [2.45, 2.75) is 32.7 Å². The molecule has 1 aliphatic rings. The standard InChI is InChI=1S/C23H26N2OS/c1-2-26-22-11-7-9-19(15-22)18-8-6-10-20(14-18)23-24-21(17-27-23)16-25-12-4-3-5-13-25/h6-11,14-15,17H,2-5,12-13,16H2,1H3. The van der Waals surface area contributed by atoms with E-state index in [0.717, 1.165) is 17.3 Å². The van der Waals surface area contributed by atoms with Gasteiger partial charge < -0.3 is 4.74 Å². The smallest absolute Gasteiger partial charge is 0.123 e. The Morgan fingerprint density at radius 1 is 0.963 bits per heavy atom. The second kappa shape index (κ2) is 8.68. The van der Waals surface area contributed by atoms with Crippen molar-refractivity contribution < 1.29 is 4.74 Å². The number of thiazole rings is 1. The number of piperidine rings is 1. The Kier molecular flexibility index (Phi) is 5.85. The lowest BCUT2D eigenvalue weighted by Crippen LogP contribution is -2.29. The third-order valence-electron chi connectivity index (χ3n) is 4.97. The van der Waals surface area contributed by atoms with Gasteiger partial charge in [0.15, 0.2) is 0 Å². The van der Waals surface area contributed by atoms with Crippen molar-refractivity contribution in [2.75, 3.05) is 19.7 Å². The predicted octanol–water partition coefficient (Wildman–Crippen LogP) is 5.86. The van der Waals surface area contributed by atoms with Crippen LogP contribution >= 0.6 is 11.3 Å². The average Bonchev–Trinajstić information content (AvgIpc) is 3.18. The van der Waals surface area contributed by atoms with Crippen molar-refractivity contribution in [1.82, 2.24) is 9.88 Å². The molecule has 1 aliphatic heterocycles. The van der Waals surface area contributed by atoms with Gasteiger partial charge in [0.25, 0.3) is 0 Å². The van der Waals surface area contributed by atoms with Crippen LogP contribution in [0.1, 0.15) is 31.9 Å². The molecule has 0 amide bonds. The van der Waals surface area contributed by atoms with E-state index in [1.54, 1.807) is 11.3 Å². The predicted molar refractivity (Wildman–Crippen MR) is 113 cm³/mol. The number of hydrogen-bond donors (Lipinski definition) is 0. The lowest BCUT2D eigenvalue weighted by atomic mass is 10.0. The van der Waals surface area contributed by atoms with E-state index in [2.05, 4.69) is 46.7 Å². The quantitative estimate of drug-likeness (QED) is 0.537. The summed E-state index contributed by atoms with van der Waals surface area (Å²) in [7, 11) is 0. The van der Waals surface area contributed by atoms with Crippen LogP contribution in [0.5, 0.6) is 5.75 Å². The van der Waals surface area contributed by atoms with E-state index in [4.69, 9.17) is 9.72 Å². The highest BCUT2D eigenvalue weighted by atomic mass is 32.1. The van der Waals surface area contributed by atoms with Gasteiger partial charge in [-0.05, 0) is 62.2 Å². The van der Waals surface area contributed by atoms with Crippen molar-refractivity contribution in [3.63, 3.8) is 0 Å². The molecule has 0 aliphatic carbocycles. The highest BCUT2D eigenvalue weighted by Crippen LogP contribution is 2.30. The van der Waals surface area contributed by atoms with Crippen LogP contribution in [-0.2, 0) is 6.54 Å². The van der Waals surface area contributed by atoms with Crippen LogP contribution in [-0.4, -0.2) is 29.6 Å². The molecule has 0 bridgehead atoms. The molecule has 0 atom stereocenters. The first kappa shape index (κ1) is 18.2. The van der Waals surface area contributed by atoms with Gasteiger partial charge in [-0.25, -0.2) is 4.98 Å². The molecule has 140 valence electrons. The zero-order valence-corrected chi connectivity index (χ0v) is 16.7. The van der Waals surface area contributed by atoms with Gasteiger partial charge in [-0.2, -0.15) is 0 Å². The second-order valence-electron chi connectivity index (χ2n) is 7.02. The zero-order valence-electron chi connectivity index (χ0n) is 15.9. The van der Waals surface area contributed by atoms with Crippen LogP contribution in [0.4, 0.5) is 0 Å². The van der Waals surface area contributed by atoms with Crippen molar-refractivity contribution >= 4 is 11.3 Å².